The number of nitrogen functional groups attached to an aromatic ring is 1. The Morgan fingerprint density at radius 1 is 1.14 bits per heavy atom. The number of nitrogens with one attached hydrogen (secondary N) is 1. The van der Waals surface area contributed by atoms with Crippen molar-refractivity contribution in [3.8, 4) is 11.1 Å². The van der Waals surface area contributed by atoms with Crippen LogP contribution in [0.15, 0.2) is 54.7 Å². The monoisotopic (exact) mass is 487 g/mol. The Balaban J connectivity index is 1.61. The smallest absolute Gasteiger partial charge is 0.256 e. The fourth-order valence-electron chi connectivity index (χ4n) is 3.65. The van der Waals surface area contributed by atoms with Crippen molar-refractivity contribution in [2.75, 3.05) is 5.73 Å². The van der Waals surface area contributed by atoms with Gasteiger partial charge in [0.25, 0.3) is 5.91 Å². The maximum absolute atomic E-state index is 15.4. The number of benzene rings is 2. The summed E-state index contributed by atoms with van der Waals surface area (Å²) in [6, 6.07) is 10.9. The number of pyridine rings is 1. The highest BCUT2D eigenvalue weighted by molar-refractivity contribution is 6.41. The van der Waals surface area contributed by atoms with Gasteiger partial charge >= 0.3 is 0 Å². The van der Waals surface area contributed by atoms with Gasteiger partial charge in [-0.1, -0.05) is 23.7 Å². The van der Waals surface area contributed by atoms with E-state index in [2.05, 4.69) is 15.4 Å². The molecule has 35 heavy (non-hydrogen) atoms. The molecule has 7 nitrogen and oxygen atoms in total. The number of rotatable bonds is 6. The standard InChI is InChI=1S/C22H15B3ClF2N5O2/c23-21(35,12-1-3-13(26)4-2-12)10-22(24,25)31-19(34)17-15(27)6-5-14(18(17)28)11-7-8-33-16(9-11)30-20(29)32-33/h1-9,35H,10H2,(H2,29,32)(H,31,34). The SMILES string of the molecule is [B]C([B])(CC([B])(O)c1ccc(Cl)cc1)NC(=O)c1c(F)ccc(-c2ccn3nc(N)nc3c2)c1F. The minimum Gasteiger partial charge on any atom is -0.395 e. The highest BCUT2D eigenvalue weighted by Gasteiger charge is 2.33. The number of carbonyl (C=O) groups excluding carboxylic acids is 1. The van der Waals surface area contributed by atoms with Gasteiger partial charge in [-0.3, -0.25) is 4.79 Å². The summed E-state index contributed by atoms with van der Waals surface area (Å²) < 4.78 is 31.3. The van der Waals surface area contributed by atoms with Gasteiger partial charge in [0.1, 0.15) is 25.0 Å². The van der Waals surface area contributed by atoms with E-state index in [0.29, 0.717) is 16.2 Å². The van der Waals surface area contributed by atoms with Gasteiger partial charge in [0, 0.05) is 22.3 Å². The van der Waals surface area contributed by atoms with E-state index in [4.69, 9.17) is 40.9 Å². The molecule has 170 valence electrons. The molecule has 0 aliphatic rings. The van der Waals surface area contributed by atoms with Gasteiger partial charge < -0.3 is 16.2 Å². The van der Waals surface area contributed by atoms with Crippen LogP contribution in [0.2, 0.25) is 5.02 Å². The number of fused-ring (bicyclic) bond motifs is 1. The summed E-state index contributed by atoms with van der Waals surface area (Å²) in [7, 11) is 17.8. The van der Waals surface area contributed by atoms with Gasteiger partial charge in [0.2, 0.25) is 5.95 Å². The van der Waals surface area contributed by atoms with Gasteiger partial charge in [-0.05, 0) is 59.3 Å². The number of hydrogen-bond acceptors (Lipinski definition) is 5. The van der Waals surface area contributed by atoms with Gasteiger partial charge in [-0.2, -0.15) is 4.98 Å². The molecule has 0 spiro atoms. The summed E-state index contributed by atoms with van der Waals surface area (Å²) in [6.07, 6.45) is 0.890. The molecular weight excluding hydrogens is 472 g/mol. The van der Waals surface area contributed by atoms with E-state index in [1.807, 2.05) is 0 Å². The Hall–Kier alpha value is -3.37. The second-order valence-corrected chi connectivity index (χ2v) is 8.51. The van der Waals surface area contributed by atoms with Gasteiger partial charge in [-0.25, -0.2) is 13.3 Å². The van der Waals surface area contributed by atoms with Crippen molar-refractivity contribution in [3.63, 3.8) is 0 Å². The minimum absolute atomic E-state index is 0.0162. The fourth-order valence-corrected chi connectivity index (χ4v) is 3.78. The minimum atomic E-state index is -2.15. The molecule has 0 saturated heterocycles. The van der Waals surface area contributed by atoms with Gasteiger partial charge in [-0.15, -0.1) is 5.10 Å². The molecule has 4 rings (SSSR count). The molecule has 1 atom stereocenters. The summed E-state index contributed by atoms with van der Waals surface area (Å²) in [5.41, 5.74) is 3.29. The number of aliphatic hydroxyl groups is 1. The third kappa shape index (κ3) is 5.18. The molecule has 2 aromatic carbocycles. The number of anilines is 1. The first-order valence-corrected chi connectivity index (χ1v) is 10.5. The van der Waals surface area contributed by atoms with Crippen LogP contribution in [0.25, 0.3) is 16.8 Å². The van der Waals surface area contributed by atoms with Gasteiger partial charge in [0.05, 0.1) is 15.7 Å². The number of hydrogen-bond donors (Lipinski definition) is 3. The summed E-state index contributed by atoms with van der Waals surface area (Å²) in [5.74, 6) is -3.53. The van der Waals surface area contributed by atoms with Crippen LogP contribution >= 0.6 is 11.6 Å². The number of nitrogens with two attached hydrogens (primary N) is 1. The molecular formula is C22H15B3ClF2N5O2. The van der Waals surface area contributed by atoms with Crippen molar-refractivity contribution >= 4 is 52.6 Å². The highest BCUT2D eigenvalue weighted by atomic mass is 35.5. The molecule has 1 amide bonds. The molecule has 4 aromatic rings. The number of halogens is 3. The first-order valence-electron chi connectivity index (χ1n) is 10.1. The Kier molecular flexibility index (Phi) is 6.37. The lowest BCUT2D eigenvalue weighted by atomic mass is 9.53. The van der Waals surface area contributed by atoms with E-state index in [1.54, 1.807) is 0 Å². The van der Waals surface area contributed by atoms with Crippen molar-refractivity contribution in [1.29, 1.82) is 0 Å². The van der Waals surface area contributed by atoms with Crippen LogP contribution in [0, 0.1) is 11.6 Å². The van der Waals surface area contributed by atoms with Crippen LogP contribution in [0.3, 0.4) is 0 Å². The second-order valence-electron chi connectivity index (χ2n) is 8.07. The highest BCUT2D eigenvalue weighted by Crippen LogP contribution is 2.29. The Bertz CT molecular complexity index is 1430. The molecule has 0 aliphatic carbocycles. The average Bonchev–Trinajstić information content (AvgIpc) is 3.12. The molecule has 2 aromatic heterocycles. The average molecular weight is 487 g/mol. The van der Waals surface area contributed by atoms with E-state index >= 15 is 4.39 Å². The molecule has 0 fully saturated rings. The molecule has 0 bridgehead atoms. The number of nitrogens with zero attached hydrogens (tertiary/aromatic N) is 3. The van der Waals surface area contributed by atoms with Crippen molar-refractivity contribution in [1.82, 2.24) is 19.9 Å². The zero-order chi connectivity index (χ0) is 25.5. The van der Waals surface area contributed by atoms with Gasteiger partial charge in [0.15, 0.2) is 5.65 Å². The lowest BCUT2D eigenvalue weighted by molar-refractivity contribution is 0.0869. The van der Waals surface area contributed by atoms with E-state index in [9.17, 15) is 14.3 Å². The van der Waals surface area contributed by atoms with E-state index in [1.165, 1.54) is 53.2 Å². The second kappa shape index (κ2) is 9.01. The summed E-state index contributed by atoms with van der Waals surface area (Å²) >= 11 is 5.83. The molecule has 4 N–H and O–H groups in total. The van der Waals surface area contributed by atoms with E-state index in [-0.39, 0.29) is 17.1 Å². The first kappa shape index (κ1) is 24.7. The fraction of sp³-hybridized carbons (Fsp3) is 0.136. The van der Waals surface area contributed by atoms with E-state index in [0.717, 1.165) is 6.07 Å². The van der Waals surface area contributed by atoms with Crippen molar-refractivity contribution in [2.45, 2.75) is 17.3 Å². The Morgan fingerprint density at radius 3 is 2.51 bits per heavy atom. The third-order valence-electron chi connectivity index (χ3n) is 5.24. The molecule has 2 heterocycles. The zero-order valence-corrected chi connectivity index (χ0v) is 18.8. The van der Waals surface area contributed by atoms with Crippen LogP contribution < -0.4 is 11.1 Å². The molecule has 1 unspecified atom stereocenters. The number of aromatic nitrogens is 3. The van der Waals surface area contributed by atoms with Crippen LogP contribution in [0.4, 0.5) is 14.7 Å². The molecule has 13 heteroatoms. The number of amides is 1. The number of carbonyl (C=O) groups is 1. The topological polar surface area (TPSA) is 106 Å². The van der Waals surface area contributed by atoms with Crippen LogP contribution in [-0.4, -0.2) is 54.5 Å². The summed E-state index contributed by atoms with van der Waals surface area (Å²) in [4.78, 5) is 16.8. The molecule has 6 radical (unpaired) electrons. The maximum atomic E-state index is 15.4. The molecule has 0 saturated carbocycles. The third-order valence-corrected chi connectivity index (χ3v) is 5.49. The van der Waals surface area contributed by atoms with E-state index < -0.39 is 40.4 Å². The largest absolute Gasteiger partial charge is 0.395 e. The molecule has 0 aliphatic heterocycles. The predicted molar refractivity (Wildman–Crippen MR) is 130 cm³/mol. The van der Waals surface area contributed by atoms with Crippen LogP contribution in [0.5, 0.6) is 0 Å². The van der Waals surface area contributed by atoms with Crippen LogP contribution in [-0.2, 0) is 5.50 Å². The van der Waals surface area contributed by atoms with Crippen molar-refractivity contribution in [2.24, 2.45) is 0 Å². The quantitative estimate of drug-likeness (QED) is 0.361. The predicted octanol–water partition coefficient (Wildman–Crippen LogP) is 2.03. The normalized spacial score (nSPS) is 13.5. The summed E-state index contributed by atoms with van der Waals surface area (Å²) in [6.45, 7) is 0. The lowest BCUT2D eigenvalue weighted by Crippen LogP contribution is -2.54. The lowest BCUT2D eigenvalue weighted by Gasteiger charge is -2.36. The van der Waals surface area contributed by atoms with Crippen LogP contribution in [0.1, 0.15) is 22.3 Å². The zero-order valence-electron chi connectivity index (χ0n) is 18.0. The summed E-state index contributed by atoms with van der Waals surface area (Å²) in [5, 5.41) is 15.0. The Morgan fingerprint density at radius 2 is 1.83 bits per heavy atom. The van der Waals surface area contributed by atoms with Crippen molar-refractivity contribution in [3.05, 3.63) is 82.5 Å². The van der Waals surface area contributed by atoms with Crippen molar-refractivity contribution < 1.29 is 18.7 Å². The maximum Gasteiger partial charge on any atom is 0.256 e. The Labute approximate surface area is 207 Å². The first-order chi connectivity index (χ1) is 16.4.